The van der Waals surface area contributed by atoms with E-state index < -0.39 is 35.6 Å². The quantitative estimate of drug-likeness (QED) is 0.355. The Morgan fingerprint density at radius 3 is 2.35 bits per heavy atom. The number of carbonyl (C=O) groups is 3. The molecule has 3 aliphatic carbocycles. The molecule has 188 valence electrons. The molecule has 2 spiro atoms. The maximum absolute atomic E-state index is 13.7. The predicted octanol–water partition coefficient (Wildman–Crippen LogP) is 2.19. The fourth-order valence-electron chi connectivity index (χ4n) is 6.53. The maximum atomic E-state index is 13.7. The predicted molar refractivity (Wildman–Crippen MR) is 131 cm³/mol. The van der Waals surface area contributed by atoms with Gasteiger partial charge in [-0.25, -0.2) is 4.99 Å². The second-order valence-electron chi connectivity index (χ2n) is 12.3. The molecule has 0 bridgehead atoms. The highest BCUT2D eigenvalue weighted by Gasteiger charge is 2.73. The number of likely N-dealkylation sites (tertiary alicyclic amines) is 1. The molecule has 1 saturated heterocycles. The minimum atomic E-state index is -1.45. The minimum Gasteiger partial charge on any atom is -0.381 e. The van der Waals surface area contributed by atoms with Crippen molar-refractivity contribution >= 4 is 35.1 Å². The summed E-state index contributed by atoms with van der Waals surface area (Å²) in [6.07, 6.45) is 7.33. The normalized spacial score (nSPS) is 30.0. The SMILES string of the molecule is CC(C)(C)[C@H](N=C=S)C(=O)N1C[C@]2(C[C@H]1C(=O)NC(CC1CCC1)C(O)C(N)=O)CC21CCC1. The average molecular weight is 491 g/mol. The zero-order valence-corrected chi connectivity index (χ0v) is 21.3. The number of isothiocyanates is 1. The molecule has 5 atom stereocenters. The molecule has 4 fully saturated rings. The number of thiocarbonyl (C=S) groups is 1. The Labute approximate surface area is 207 Å². The number of aliphatic hydroxyl groups is 1. The number of hydrogen-bond donors (Lipinski definition) is 3. The molecule has 0 aromatic heterocycles. The number of aliphatic hydroxyl groups excluding tert-OH is 1. The van der Waals surface area contributed by atoms with Crippen LogP contribution >= 0.6 is 12.2 Å². The van der Waals surface area contributed by atoms with Crippen LogP contribution < -0.4 is 11.1 Å². The van der Waals surface area contributed by atoms with E-state index in [0.29, 0.717) is 25.3 Å². The van der Waals surface area contributed by atoms with E-state index in [1.54, 1.807) is 4.90 Å². The first-order valence-corrected chi connectivity index (χ1v) is 13.0. The van der Waals surface area contributed by atoms with Gasteiger partial charge in [-0.3, -0.25) is 14.4 Å². The third-order valence-corrected chi connectivity index (χ3v) is 9.16. The van der Waals surface area contributed by atoms with Crippen LogP contribution in [0.3, 0.4) is 0 Å². The Morgan fingerprint density at radius 1 is 1.24 bits per heavy atom. The second kappa shape index (κ2) is 8.99. The standard InChI is InChI=1S/C25H38N4O4S/c1-23(2,3)19(27-14-34)22(33)29-13-25(12-24(25)8-5-9-24)11-17(29)21(32)28-16(18(30)20(26)31)10-15-6-4-7-15/h15-19,30H,4-13H2,1-3H3,(H2,26,31)(H,28,32)/t16?,17-,18?,19+,25-/m0/s1. The van der Waals surface area contributed by atoms with Gasteiger partial charge in [0.2, 0.25) is 17.7 Å². The number of fused-ring (bicyclic) bond motifs is 1. The highest BCUT2D eigenvalue weighted by molar-refractivity contribution is 7.78. The Bertz CT molecular complexity index is 903. The summed E-state index contributed by atoms with van der Waals surface area (Å²) in [6.45, 7) is 6.31. The summed E-state index contributed by atoms with van der Waals surface area (Å²) in [5.74, 6) is -1.03. The molecular formula is C25H38N4O4S. The van der Waals surface area contributed by atoms with Gasteiger partial charge in [-0.2, -0.15) is 0 Å². The van der Waals surface area contributed by atoms with E-state index >= 15 is 0 Å². The third kappa shape index (κ3) is 4.42. The van der Waals surface area contributed by atoms with Gasteiger partial charge in [0.15, 0.2) is 6.10 Å². The van der Waals surface area contributed by atoms with Crippen LogP contribution in [0.15, 0.2) is 4.99 Å². The van der Waals surface area contributed by atoms with Crippen molar-refractivity contribution < 1.29 is 19.5 Å². The molecule has 34 heavy (non-hydrogen) atoms. The number of amides is 3. The van der Waals surface area contributed by atoms with Gasteiger partial charge in [0, 0.05) is 6.54 Å². The van der Waals surface area contributed by atoms with Crippen molar-refractivity contribution in [3.63, 3.8) is 0 Å². The first kappa shape index (κ1) is 25.3. The number of aliphatic imine (C=N–C) groups is 1. The van der Waals surface area contributed by atoms with Gasteiger partial charge in [-0.05, 0) is 66.5 Å². The number of carbonyl (C=O) groups excluding carboxylic acids is 3. The van der Waals surface area contributed by atoms with Crippen LogP contribution in [0.2, 0.25) is 0 Å². The molecular weight excluding hydrogens is 452 g/mol. The molecule has 2 unspecified atom stereocenters. The number of rotatable bonds is 8. The summed E-state index contributed by atoms with van der Waals surface area (Å²) in [7, 11) is 0. The van der Waals surface area contributed by atoms with E-state index in [1.807, 2.05) is 20.8 Å². The molecule has 4 aliphatic rings. The lowest BCUT2D eigenvalue weighted by Gasteiger charge is -2.34. The Hall–Kier alpha value is -1.83. The first-order chi connectivity index (χ1) is 15.9. The average Bonchev–Trinajstić information content (AvgIpc) is 3.20. The Kier molecular flexibility index (Phi) is 6.68. The van der Waals surface area contributed by atoms with E-state index in [4.69, 9.17) is 18.0 Å². The molecule has 1 aliphatic heterocycles. The van der Waals surface area contributed by atoms with Crippen molar-refractivity contribution in [2.24, 2.45) is 32.9 Å². The van der Waals surface area contributed by atoms with Crippen molar-refractivity contribution in [2.45, 2.75) is 103 Å². The number of nitrogens with two attached hydrogens (primary N) is 1. The topological polar surface area (TPSA) is 125 Å². The lowest BCUT2D eigenvalue weighted by atomic mass is 9.74. The minimum absolute atomic E-state index is 0.0292. The molecule has 0 radical (unpaired) electrons. The summed E-state index contributed by atoms with van der Waals surface area (Å²) in [5, 5.41) is 15.7. The van der Waals surface area contributed by atoms with E-state index in [9.17, 15) is 19.5 Å². The fraction of sp³-hybridized carbons (Fsp3) is 0.840. The Balaban J connectivity index is 1.57. The van der Waals surface area contributed by atoms with Crippen LogP contribution in [0.5, 0.6) is 0 Å². The van der Waals surface area contributed by atoms with Crippen LogP contribution in [0, 0.1) is 22.2 Å². The fourth-order valence-corrected chi connectivity index (χ4v) is 6.64. The smallest absolute Gasteiger partial charge is 0.249 e. The van der Waals surface area contributed by atoms with E-state index in [2.05, 4.69) is 15.5 Å². The van der Waals surface area contributed by atoms with Crippen LogP contribution in [-0.4, -0.2) is 63.7 Å². The molecule has 4 N–H and O–H groups in total. The molecule has 0 aromatic carbocycles. The lowest BCUT2D eigenvalue weighted by Crippen LogP contribution is -2.56. The molecule has 8 nitrogen and oxygen atoms in total. The highest BCUT2D eigenvalue weighted by atomic mass is 32.1. The van der Waals surface area contributed by atoms with E-state index in [1.165, 1.54) is 6.42 Å². The maximum Gasteiger partial charge on any atom is 0.249 e. The first-order valence-electron chi connectivity index (χ1n) is 12.6. The van der Waals surface area contributed by atoms with Crippen molar-refractivity contribution in [3.05, 3.63) is 0 Å². The zero-order chi connectivity index (χ0) is 24.9. The monoisotopic (exact) mass is 490 g/mol. The van der Waals surface area contributed by atoms with Crippen molar-refractivity contribution in [1.29, 1.82) is 0 Å². The van der Waals surface area contributed by atoms with Gasteiger partial charge in [0.25, 0.3) is 0 Å². The molecule has 3 saturated carbocycles. The molecule has 3 amide bonds. The summed E-state index contributed by atoms with van der Waals surface area (Å²) >= 11 is 4.82. The lowest BCUT2D eigenvalue weighted by molar-refractivity contribution is -0.142. The van der Waals surface area contributed by atoms with Gasteiger partial charge in [0.1, 0.15) is 12.1 Å². The van der Waals surface area contributed by atoms with Gasteiger partial charge < -0.3 is 21.1 Å². The van der Waals surface area contributed by atoms with Crippen molar-refractivity contribution in [3.8, 4) is 0 Å². The van der Waals surface area contributed by atoms with Crippen LogP contribution in [0.4, 0.5) is 0 Å². The molecule has 9 heteroatoms. The van der Waals surface area contributed by atoms with Gasteiger partial charge in [0.05, 0.1) is 11.2 Å². The van der Waals surface area contributed by atoms with Crippen LogP contribution in [0.25, 0.3) is 0 Å². The van der Waals surface area contributed by atoms with E-state index in [0.717, 1.165) is 38.5 Å². The van der Waals surface area contributed by atoms with Crippen molar-refractivity contribution in [2.75, 3.05) is 6.54 Å². The number of nitrogens with zero attached hydrogens (tertiary/aromatic N) is 2. The molecule has 1 heterocycles. The number of primary amides is 1. The van der Waals surface area contributed by atoms with E-state index in [-0.39, 0.29) is 22.6 Å². The number of hydrogen-bond acceptors (Lipinski definition) is 6. The number of nitrogens with one attached hydrogen (secondary N) is 1. The molecule has 4 rings (SSSR count). The molecule has 0 aromatic rings. The van der Waals surface area contributed by atoms with Crippen LogP contribution in [-0.2, 0) is 14.4 Å². The Morgan fingerprint density at radius 2 is 1.91 bits per heavy atom. The largest absolute Gasteiger partial charge is 0.381 e. The summed E-state index contributed by atoms with van der Waals surface area (Å²) < 4.78 is 0. The van der Waals surface area contributed by atoms with Crippen LogP contribution in [0.1, 0.15) is 78.6 Å². The highest BCUT2D eigenvalue weighted by Crippen LogP contribution is 2.77. The second-order valence-corrected chi connectivity index (χ2v) is 12.4. The summed E-state index contributed by atoms with van der Waals surface area (Å²) in [6, 6.07) is -2.15. The summed E-state index contributed by atoms with van der Waals surface area (Å²) in [5.41, 5.74) is 5.12. The van der Waals surface area contributed by atoms with Gasteiger partial charge >= 0.3 is 0 Å². The van der Waals surface area contributed by atoms with Crippen molar-refractivity contribution in [1.82, 2.24) is 10.2 Å². The zero-order valence-electron chi connectivity index (χ0n) is 20.5. The van der Waals surface area contributed by atoms with Gasteiger partial charge in [-0.15, -0.1) is 0 Å². The third-order valence-electron chi connectivity index (χ3n) is 9.05. The summed E-state index contributed by atoms with van der Waals surface area (Å²) in [4.78, 5) is 45.0. The van der Waals surface area contributed by atoms with Gasteiger partial charge in [-0.1, -0.05) is 46.5 Å².